The van der Waals surface area contributed by atoms with Crippen molar-refractivity contribution >= 4 is 11.6 Å². The highest BCUT2D eigenvalue weighted by Gasteiger charge is 2.26. The molecule has 0 aliphatic heterocycles. The van der Waals surface area contributed by atoms with E-state index in [1.807, 2.05) is 6.92 Å². The van der Waals surface area contributed by atoms with E-state index in [1.165, 1.54) is 0 Å². The topological polar surface area (TPSA) is 75.3 Å². The van der Waals surface area contributed by atoms with Gasteiger partial charge in [-0.3, -0.25) is 4.79 Å². The Hall–Kier alpha value is -1.55. The van der Waals surface area contributed by atoms with Crippen molar-refractivity contribution in [2.45, 2.75) is 20.8 Å². The summed E-state index contributed by atoms with van der Waals surface area (Å²) in [7, 11) is 0. The van der Waals surface area contributed by atoms with Crippen molar-refractivity contribution in [1.82, 2.24) is 0 Å². The lowest BCUT2D eigenvalue weighted by Crippen LogP contribution is -2.37. The minimum Gasteiger partial charge on any atom is -0.506 e. The van der Waals surface area contributed by atoms with Gasteiger partial charge in [0, 0.05) is 6.54 Å². The molecule has 0 saturated carbocycles. The van der Waals surface area contributed by atoms with Crippen molar-refractivity contribution in [3.05, 3.63) is 23.8 Å². The maximum atomic E-state index is 11.8. The normalized spacial score (nSPS) is 11.2. The zero-order valence-corrected chi connectivity index (χ0v) is 9.87. The summed E-state index contributed by atoms with van der Waals surface area (Å²) >= 11 is 0. The summed E-state index contributed by atoms with van der Waals surface area (Å²) in [4.78, 5) is 11.8. The first-order valence-corrected chi connectivity index (χ1v) is 5.18. The van der Waals surface area contributed by atoms with Gasteiger partial charge < -0.3 is 16.2 Å². The van der Waals surface area contributed by atoms with Gasteiger partial charge in [-0.05, 0) is 38.5 Å². The van der Waals surface area contributed by atoms with Gasteiger partial charge in [0.2, 0.25) is 5.91 Å². The van der Waals surface area contributed by atoms with Gasteiger partial charge in [0.1, 0.15) is 5.75 Å². The monoisotopic (exact) mass is 222 g/mol. The number of rotatable bonds is 3. The third-order valence-corrected chi connectivity index (χ3v) is 2.53. The van der Waals surface area contributed by atoms with Crippen LogP contribution in [0.1, 0.15) is 19.4 Å². The molecule has 4 N–H and O–H groups in total. The molecule has 0 aliphatic carbocycles. The van der Waals surface area contributed by atoms with Crippen LogP contribution in [-0.4, -0.2) is 17.6 Å². The molecular weight excluding hydrogens is 204 g/mol. The Bertz CT molecular complexity index is 400. The number of nitrogens with two attached hydrogens (primary N) is 1. The Morgan fingerprint density at radius 3 is 2.69 bits per heavy atom. The van der Waals surface area contributed by atoms with Crippen LogP contribution >= 0.6 is 0 Å². The Labute approximate surface area is 95.5 Å². The summed E-state index contributed by atoms with van der Waals surface area (Å²) in [6, 6.07) is 5.05. The number of anilines is 1. The zero-order valence-electron chi connectivity index (χ0n) is 9.87. The fourth-order valence-electron chi connectivity index (χ4n) is 1.13. The van der Waals surface area contributed by atoms with Gasteiger partial charge in [-0.15, -0.1) is 0 Å². The van der Waals surface area contributed by atoms with E-state index in [1.54, 1.807) is 32.0 Å². The number of benzene rings is 1. The molecule has 1 aromatic rings. The van der Waals surface area contributed by atoms with Crippen molar-refractivity contribution in [3.63, 3.8) is 0 Å². The summed E-state index contributed by atoms with van der Waals surface area (Å²) < 4.78 is 0. The molecule has 1 amide bonds. The summed E-state index contributed by atoms with van der Waals surface area (Å²) in [6.07, 6.45) is 0. The highest BCUT2D eigenvalue weighted by atomic mass is 16.3. The fraction of sp³-hybridized carbons (Fsp3) is 0.417. The van der Waals surface area contributed by atoms with Crippen molar-refractivity contribution in [2.75, 3.05) is 11.9 Å². The number of hydrogen-bond acceptors (Lipinski definition) is 3. The molecule has 0 unspecified atom stereocenters. The minimum atomic E-state index is -0.643. The number of carbonyl (C=O) groups excluding carboxylic acids is 1. The molecule has 0 spiro atoms. The molecule has 88 valence electrons. The minimum absolute atomic E-state index is 0.0618. The largest absolute Gasteiger partial charge is 0.506 e. The number of nitrogens with one attached hydrogen (secondary N) is 1. The van der Waals surface area contributed by atoms with E-state index in [-0.39, 0.29) is 18.2 Å². The van der Waals surface area contributed by atoms with Crippen molar-refractivity contribution < 1.29 is 9.90 Å². The van der Waals surface area contributed by atoms with E-state index in [2.05, 4.69) is 5.32 Å². The van der Waals surface area contributed by atoms with Crippen molar-refractivity contribution in [3.8, 4) is 5.75 Å². The van der Waals surface area contributed by atoms with E-state index in [0.717, 1.165) is 5.56 Å². The molecule has 0 aliphatic rings. The molecule has 0 bridgehead atoms. The second-order valence-corrected chi connectivity index (χ2v) is 4.56. The molecule has 0 heterocycles. The van der Waals surface area contributed by atoms with Gasteiger partial charge in [0.15, 0.2) is 0 Å². The molecule has 0 saturated heterocycles. The number of amides is 1. The first-order valence-electron chi connectivity index (χ1n) is 5.18. The van der Waals surface area contributed by atoms with Crippen LogP contribution < -0.4 is 11.1 Å². The lowest BCUT2D eigenvalue weighted by atomic mass is 9.92. The molecule has 1 rings (SSSR count). The van der Waals surface area contributed by atoms with Crippen LogP contribution in [0, 0.1) is 12.3 Å². The molecule has 0 fully saturated rings. The predicted molar refractivity (Wildman–Crippen MR) is 64.3 cm³/mol. The summed E-state index contributed by atoms with van der Waals surface area (Å²) in [5.41, 5.74) is 6.26. The third-order valence-electron chi connectivity index (χ3n) is 2.53. The Balaban J connectivity index is 2.89. The Kier molecular flexibility index (Phi) is 3.55. The summed E-state index contributed by atoms with van der Waals surface area (Å²) in [6.45, 7) is 5.67. The molecule has 4 nitrogen and oxygen atoms in total. The number of phenols is 1. The second-order valence-electron chi connectivity index (χ2n) is 4.56. The number of aromatic hydroxyl groups is 1. The van der Waals surface area contributed by atoms with E-state index >= 15 is 0 Å². The van der Waals surface area contributed by atoms with Gasteiger partial charge in [0.25, 0.3) is 0 Å². The molecule has 0 atom stereocenters. The maximum absolute atomic E-state index is 11.8. The standard InChI is InChI=1S/C12H18N2O2/c1-8-4-5-10(15)9(6-8)14-11(16)12(2,3)7-13/h4-6,15H,7,13H2,1-3H3,(H,14,16). The van der Waals surface area contributed by atoms with Crippen LogP contribution in [0.4, 0.5) is 5.69 Å². The highest BCUT2D eigenvalue weighted by Crippen LogP contribution is 2.26. The van der Waals surface area contributed by atoms with Gasteiger partial charge in [-0.25, -0.2) is 0 Å². The SMILES string of the molecule is Cc1ccc(O)c(NC(=O)C(C)(C)CN)c1. The quantitative estimate of drug-likeness (QED) is 0.680. The van der Waals surface area contributed by atoms with E-state index in [4.69, 9.17) is 5.73 Å². The molecule has 16 heavy (non-hydrogen) atoms. The predicted octanol–water partition coefficient (Wildman–Crippen LogP) is 1.62. The Morgan fingerprint density at radius 2 is 2.12 bits per heavy atom. The van der Waals surface area contributed by atoms with Crippen molar-refractivity contribution in [1.29, 1.82) is 0 Å². The number of aryl methyl sites for hydroxylation is 1. The zero-order chi connectivity index (χ0) is 12.3. The number of phenolic OH excluding ortho intramolecular Hbond substituents is 1. The van der Waals surface area contributed by atoms with Gasteiger partial charge in [-0.1, -0.05) is 6.07 Å². The lowest BCUT2D eigenvalue weighted by Gasteiger charge is -2.21. The fourth-order valence-corrected chi connectivity index (χ4v) is 1.13. The van der Waals surface area contributed by atoms with Crippen molar-refractivity contribution in [2.24, 2.45) is 11.1 Å². The lowest BCUT2D eigenvalue weighted by molar-refractivity contribution is -0.123. The maximum Gasteiger partial charge on any atom is 0.231 e. The van der Waals surface area contributed by atoms with Crippen LogP contribution in [0.5, 0.6) is 5.75 Å². The van der Waals surface area contributed by atoms with Crippen LogP contribution in [-0.2, 0) is 4.79 Å². The number of hydrogen-bond donors (Lipinski definition) is 3. The van der Waals surface area contributed by atoms with Crippen LogP contribution in [0.2, 0.25) is 0 Å². The first-order chi connectivity index (χ1) is 7.36. The Morgan fingerprint density at radius 1 is 1.50 bits per heavy atom. The van der Waals surface area contributed by atoms with E-state index in [9.17, 15) is 9.90 Å². The third kappa shape index (κ3) is 2.73. The molecule has 4 heteroatoms. The highest BCUT2D eigenvalue weighted by molar-refractivity contribution is 5.96. The molecular formula is C12H18N2O2. The van der Waals surface area contributed by atoms with E-state index in [0.29, 0.717) is 5.69 Å². The smallest absolute Gasteiger partial charge is 0.231 e. The van der Waals surface area contributed by atoms with Crippen LogP contribution in [0.15, 0.2) is 18.2 Å². The second kappa shape index (κ2) is 4.53. The summed E-state index contributed by atoms with van der Waals surface area (Å²) in [5.74, 6) is -0.136. The van der Waals surface area contributed by atoms with E-state index < -0.39 is 5.41 Å². The average Bonchev–Trinajstić information content (AvgIpc) is 2.23. The molecule has 0 aromatic heterocycles. The van der Waals surface area contributed by atoms with Crippen LogP contribution in [0.25, 0.3) is 0 Å². The summed E-state index contributed by atoms with van der Waals surface area (Å²) in [5, 5.41) is 12.2. The number of carbonyl (C=O) groups is 1. The molecule has 0 radical (unpaired) electrons. The van der Waals surface area contributed by atoms with Gasteiger partial charge in [0.05, 0.1) is 11.1 Å². The van der Waals surface area contributed by atoms with Gasteiger partial charge >= 0.3 is 0 Å². The average molecular weight is 222 g/mol. The molecule has 1 aromatic carbocycles. The van der Waals surface area contributed by atoms with Crippen LogP contribution in [0.3, 0.4) is 0 Å². The van der Waals surface area contributed by atoms with Gasteiger partial charge in [-0.2, -0.15) is 0 Å². The first kappa shape index (κ1) is 12.5.